The van der Waals surface area contributed by atoms with Gasteiger partial charge in [0.05, 0.1) is 48.5 Å². The summed E-state index contributed by atoms with van der Waals surface area (Å²) in [5.74, 6) is -1.35. The molecule has 200 valence electrons. The highest BCUT2D eigenvalue weighted by molar-refractivity contribution is 7.91. The number of hydrogen-bond acceptors (Lipinski definition) is 7. The van der Waals surface area contributed by atoms with E-state index in [0.29, 0.717) is 28.3 Å². The van der Waals surface area contributed by atoms with Crippen molar-refractivity contribution in [2.45, 2.75) is 58.0 Å². The van der Waals surface area contributed by atoms with Gasteiger partial charge in [0.2, 0.25) is 0 Å². The Balaban J connectivity index is 0.00000235. The number of rotatable bonds is 10. The first kappa shape index (κ1) is 30.0. The molecule has 11 heteroatoms. The van der Waals surface area contributed by atoms with E-state index in [2.05, 4.69) is 20.1 Å². The van der Waals surface area contributed by atoms with E-state index >= 15 is 0 Å². The van der Waals surface area contributed by atoms with Crippen molar-refractivity contribution in [2.75, 3.05) is 12.9 Å². The van der Waals surface area contributed by atoms with Gasteiger partial charge in [0.15, 0.2) is 14.9 Å². The molecule has 3 rings (SSSR count). The molecule has 0 radical (unpaired) electrons. The highest BCUT2D eigenvalue weighted by Crippen LogP contribution is 2.23. The number of carbonyl (C=O) groups is 2. The molecule has 1 atom stereocenters. The molecule has 0 aliphatic carbocycles. The summed E-state index contributed by atoms with van der Waals surface area (Å²) in [4.78, 5) is 28.5. The van der Waals surface area contributed by atoms with Crippen molar-refractivity contribution in [3.8, 4) is 5.69 Å². The first-order valence-electron chi connectivity index (χ1n) is 12.0. The van der Waals surface area contributed by atoms with Crippen LogP contribution in [0.1, 0.15) is 67.7 Å². The van der Waals surface area contributed by atoms with Crippen molar-refractivity contribution in [3.63, 3.8) is 0 Å². The van der Waals surface area contributed by atoms with Crippen molar-refractivity contribution >= 4 is 33.3 Å². The predicted molar refractivity (Wildman–Crippen MR) is 143 cm³/mol. The molecule has 0 spiro atoms. The van der Waals surface area contributed by atoms with E-state index in [9.17, 15) is 18.0 Å². The van der Waals surface area contributed by atoms with E-state index in [4.69, 9.17) is 11.6 Å². The molecule has 1 aromatic carbocycles. The van der Waals surface area contributed by atoms with Crippen LogP contribution in [0.2, 0.25) is 5.02 Å². The summed E-state index contributed by atoms with van der Waals surface area (Å²) in [6, 6.07) is 9.78. The van der Waals surface area contributed by atoms with Gasteiger partial charge in [0, 0.05) is 11.2 Å². The lowest BCUT2D eigenvalue weighted by molar-refractivity contribution is -0.140. The number of nitrogens with one attached hydrogen (secondary N) is 1. The average molecular weight is 549 g/mol. The lowest BCUT2D eigenvalue weighted by Crippen LogP contribution is -2.29. The lowest BCUT2D eigenvalue weighted by atomic mass is 10.0. The maximum absolute atomic E-state index is 13.1. The van der Waals surface area contributed by atoms with Gasteiger partial charge in [-0.3, -0.25) is 9.59 Å². The second kappa shape index (κ2) is 13.9. The molecule has 37 heavy (non-hydrogen) atoms. The lowest BCUT2D eigenvalue weighted by Gasteiger charge is -2.19. The van der Waals surface area contributed by atoms with E-state index in [1.165, 1.54) is 25.6 Å². The molecule has 2 heterocycles. The predicted octanol–water partition coefficient (Wildman–Crippen LogP) is 4.86. The Labute approximate surface area is 223 Å². The number of sulfone groups is 1. The standard InChI is InChI=1S/C24H27ClN4O5S.C2H6/c1-4-5-21(17-10-12-26-22(14-17)35(32,33)13-11-23(30)34-3)28-24(31)20-15-27-29(16(20)2)19-8-6-18(25)7-9-19;1-2/h6-10,12,14-15,21H,4-5,11,13H2,1-3H3,(H,28,31);1-2H3. The molecule has 9 nitrogen and oxygen atoms in total. The molecule has 0 bridgehead atoms. The maximum atomic E-state index is 13.1. The van der Waals surface area contributed by atoms with Crippen LogP contribution in [0.3, 0.4) is 0 Å². The van der Waals surface area contributed by atoms with Crippen molar-refractivity contribution in [1.82, 2.24) is 20.1 Å². The van der Waals surface area contributed by atoms with Gasteiger partial charge in [0.1, 0.15) is 0 Å². The molecular formula is C26H33ClN4O5S. The van der Waals surface area contributed by atoms with E-state index in [0.717, 1.165) is 12.1 Å². The highest BCUT2D eigenvalue weighted by Gasteiger charge is 2.23. The number of nitrogens with zero attached hydrogens (tertiary/aromatic N) is 3. The molecular weight excluding hydrogens is 516 g/mol. The number of aromatic nitrogens is 3. The van der Waals surface area contributed by atoms with Gasteiger partial charge in [-0.15, -0.1) is 0 Å². The number of halogens is 1. The number of carbonyl (C=O) groups excluding carboxylic acids is 2. The Hall–Kier alpha value is -3.24. The van der Waals surface area contributed by atoms with E-state index in [1.54, 1.807) is 29.8 Å². The molecule has 1 N–H and O–H groups in total. The van der Waals surface area contributed by atoms with Gasteiger partial charge in [-0.05, 0) is 55.3 Å². The average Bonchev–Trinajstić information content (AvgIpc) is 3.30. The Kier molecular flexibility index (Phi) is 11.3. The third kappa shape index (κ3) is 7.87. The van der Waals surface area contributed by atoms with Crippen molar-refractivity contribution in [3.05, 3.63) is 70.6 Å². The fraction of sp³-hybridized carbons (Fsp3) is 0.385. The zero-order valence-electron chi connectivity index (χ0n) is 21.7. The van der Waals surface area contributed by atoms with Crippen molar-refractivity contribution in [1.29, 1.82) is 0 Å². The molecule has 1 amide bonds. The van der Waals surface area contributed by atoms with Crippen LogP contribution in [-0.2, 0) is 19.4 Å². The Morgan fingerprint density at radius 2 is 1.84 bits per heavy atom. The fourth-order valence-electron chi connectivity index (χ4n) is 3.56. The summed E-state index contributed by atoms with van der Waals surface area (Å²) in [5.41, 5.74) is 2.43. The summed E-state index contributed by atoms with van der Waals surface area (Å²) in [7, 11) is -2.60. The molecule has 3 aromatic rings. The van der Waals surface area contributed by atoms with Crippen LogP contribution >= 0.6 is 11.6 Å². The molecule has 0 saturated carbocycles. The number of pyridine rings is 1. The molecule has 2 aromatic heterocycles. The van der Waals surface area contributed by atoms with Gasteiger partial charge >= 0.3 is 5.97 Å². The third-order valence-corrected chi connectivity index (χ3v) is 7.34. The maximum Gasteiger partial charge on any atom is 0.306 e. The second-order valence-corrected chi connectivity index (χ2v) is 10.4. The summed E-state index contributed by atoms with van der Waals surface area (Å²) >= 11 is 5.96. The summed E-state index contributed by atoms with van der Waals surface area (Å²) < 4.78 is 31.5. The molecule has 0 aliphatic rings. The largest absolute Gasteiger partial charge is 0.469 e. The fourth-order valence-corrected chi connectivity index (χ4v) is 4.87. The zero-order chi connectivity index (χ0) is 27.6. The SMILES string of the molecule is CC.CCCC(NC(=O)c1cnn(-c2ccc(Cl)cc2)c1C)c1ccnc(S(=O)(=O)CCC(=O)OC)c1. The van der Waals surface area contributed by atoms with Crippen molar-refractivity contribution in [2.24, 2.45) is 0 Å². The first-order chi connectivity index (χ1) is 17.7. The van der Waals surface area contributed by atoms with Gasteiger partial charge in [0.25, 0.3) is 5.91 Å². The first-order valence-corrected chi connectivity index (χ1v) is 14.1. The normalized spacial score (nSPS) is 11.7. The Morgan fingerprint density at radius 1 is 1.16 bits per heavy atom. The van der Waals surface area contributed by atoms with Crippen molar-refractivity contribution < 1.29 is 22.7 Å². The minimum Gasteiger partial charge on any atom is -0.469 e. The van der Waals surface area contributed by atoms with E-state index < -0.39 is 27.6 Å². The highest BCUT2D eigenvalue weighted by atomic mass is 35.5. The van der Waals surface area contributed by atoms with Gasteiger partial charge in [-0.1, -0.05) is 38.8 Å². The number of methoxy groups -OCH3 is 1. The molecule has 0 aliphatic heterocycles. The summed E-state index contributed by atoms with van der Waals surface area (Å²) in [5, 5.41) is 7.78. The third-order valence-electron chi connectivity index (χ3n) is 5.49. The van der Waals surface area contributed by atoms with Gasteiger partial charge in [-0.25, -0.2) is 18.1 Å². The van der Waals surface area contributed by atoms with Crippen LogP contribution < -0.4 is 5.32 Å². The molecule has 0 saturated heterocycles. The monoisotopic (exact) mass is 548 g/mol. The second-order valence-electron chi connectivity index (χ2n) is 7.92. The minimum atomic E-state index is -3.80. The Morgan fingerprint density at radius 3 is 2.46 bits per heavy atom. The van der Waals surface area contributed by atoms with Crippen LogP contribution in [0.4, 0.5) is 0 Å². The van der Waals surface area contributed by atoms with E-state index in [1.807, 2.05) is 32.9 Å². The van der Waals surface area contributed by atoms with Crippen LogP contribution in [0.5, 0.6) is 0 Å². The van der Waals surface area contributed by atoms with E-state index in [-0.39, 0.29) is 17.4 Å². The number of esters is 1. The Bertz CT molecular complexity index is 1310. The number of ether oxygens (including phenoxy) is 1. The van der Waals surface area contributed by atoms with Crippen LogP contribution in [0.15, 0.2) is 53.8 Å². The van der Waals surface area contributed by atoms with Gasteiger partial charge in [-0.2, -0.15) is 5.10 Å². The summed E-state index contributed by atoms with van der Waals surface area (Å²) in [6.45, 7) is 7.77. The topological polar surface area (TPSA) is 120 Å². The van der Waals surface area contributed by atoms with Crippen LogP contribution in [0, 0.1) is 6.92 Å². The number of hydrogen-bond donors (Lipinski definition) is 1. The summed E-state index contributed by atoms with van der Waals surface area (Å²) in [6.07, 6.45) is 3.95. The van der Waals surface area contributed by atoms with Crippen LogP contribution in [-0.4, -0.2) is 47.9 Å². The quantitative estimate of drug-likeness (QED) is 0.359. The molecule has 1 unspecified atom stereocenters. The smallest absolute Gasteiger partial charge is 0.306 e. The number of amides is 1. The molecule has 0 fully saturated rings. The minimum absolute atomic E-state index is 0.152. The van der Waals surface area contributed by atoms with Gasteiger partial charge < -0.3 is 10.1 Å². The number of benzene rings is 1. The zero-order valence-corrected chi connectivity index (χ0v) is 23.3. The van der Waals surface area contributed by atoms with Crippen LogP contribution in [0.25, 0.3) is 5.69 Å².